The van der Waals surface area contributed by atoms with Crippen molar-refractivity contribution in [1.82, 2.24) is 15.0 Å². The number of rotatable bonds is 4. The summed E-state index contributed by atoms with van der Waals surface area (Å²) in [6.07, 6.45) is 0.955. The molecule has 0 spiro atoms. The van der Waals surface area contributed by atoms with Crippen molar-refractivity contribution in [3.8, 4) is 11.4 Å². The first-order valence-corrected chi connectivity index (χ1v) is 6.62. The molecule has 2 aromatic carbocycles. The lowest BCUT2D eigenvalue weighted by atomic mass is 10.2. The van der Waals surface area contributed by atoms with Crippen molar-refractivity contribution < 1.29 is 4.74 Å². The van der Waals surface area contributed by atoms with E-state index in [1.54, 1.807) is 4.68 Å². The Hall–Kier alpha value is -2.56. The van der Waals surface area contributed by atoms with Crippen LogP contribution in [0.3, 0.4) is 0 Å². The van der Waals surface area contributed by atoms with E-state index in [-0.39, 0.29) is 0 Å². The van der Waals surface area contributed by atoms with E-state index >= 15 is 0 Å². The minimum absolute atomic E-state index is 0.646. The number of ether oxygens (including phenoxy) is 1. The lowest BCUT2D eigenvalue weighted by molar-refractivity contribution is 0.317. The van der Waals surface area contributed by atoms with E-state index in [9.17, 15) is 0 Å². The van der Waals surface area contributed by atoms with Crippen molar-refractivity contribution in [3.63, 3.8) is 0 Å². The number of anilines is 1. The molecule has 3 aromatic rings. The van der Waals surface area contributed by atoms with Gasteiger partial charge in [0.05, 0.1) is 17.8 Å². The number of nitrogen functional groups attached to an aromatic ring is 1. The molecule has 0 atom stereocenters. The number of aromatic nitrogens is 3. The molecule has 20 heavy (non-hydrogen) atoms. The van der Waals surface area contributed by atoms with Gasteiger partial charge < -0.3 is 10.5 Å². The molecule has 0 aliphatic rings. The van der Waals surface area contributed by atoms with Crippen molar-refractivity contribution in [2.45, 2.75) is 13.3 Å². The summed E-state index contributed by atoms with van der Waals surface area (Å²) in [4.78, 5) is 0. The zero-order valence-corrected chi connectivity index (χ0v) is 11.3. The van der Waals surface area contributed by atoms with Crippen LogP contribution in [0, 0.1) is 0 Å². The molecule has 0 unspecified atom stereocenters. The van der Waals surface area contributed by atoms with Crippen LogP contribution in [0.5, 0.6) is 5.75 Å². The lowest BCUT2D eigenvalue weighted by Gasteiger charge is -2.09. The van der Waals surface area contributed by atoms with E-state index in [4.69, 9.17) is 10.5 Å². The number of benzene rings is 2. The van der Waals surface area contributed by atoms with Gasteiger partial charge in [0.2, 0.25) is 0 Å². The second-order valence-electron chi connectivity index (χ2n) is 4.60. The molecule has 0 saturated heterocycles. The molecule has 0 amide bonds. The van der Waals surface area contributed by atoms with Crippen LogP contribution < -0.4 is 10.5 Å². The summed E-state index contributed by atoms with van der Waals surface area (Å²) >= 11 is 0. The molecular weight excluding hydrogens is 252 g/mol. The first kappa shape index (κ1) is 12.5. The van der Waals surface area contributed by atoms with Crippen LogP contribution >= 0.6 is 0 Å². The highest BCUT2D eigenvalue weighted by molar-refractivity contribution is 5.76. The maximum atomic E-state index is 5.94. The van der Waals surface area contributed by atoms with Gasteiger partial charge in [-0.1, -0.05) is 24.3 Å². The smallest absolute Gasteiger partial charge is 0.123 e. The molecule has 5 nitrogen and oxygen atoms in total. The molecule has 1 aromatic heterocycles. The van der Waals surface area contributed by atoms with Crippen LogP contribution in [0.25, 0.3) is 16.7 Å². The Kier molecular flexibility index (Phi) is 3.25. The van der Waals surface area contributed by atoms with Crippen LogP contribution in [0.2, 0.25) is 0 Å². The van der Waals surface area contributed by atoms with Crippen molar-refractivity contribution in [3.05, 3.63) is 42.5 Å². The fraction of sp³-hybridized carbons (Fsp3) is 0.200. The lowest BCUT2D eigenvalue weighted by Crippen LogP contribution is -2.01. The molecule has 0 bridgehead atoms. The summed E-state index contributed by atoms with van der Waals surface area (Å²) in [6.45, 7) is 2.74. The quantitative estimate of drug-likeness (QED) is 0.739. The van der Waals surface area contributed by atoms with Gasteiger partial charge in [-0.05, 0) is 24.6 Å². The molecule has 3 rings (SSSR count). The van der Waals surface area contributed by atoms with Gasteiger partial charge in [-0.25, -0.2) is 4.68 Å². The Labute approximate surface area is 117 Å². The van der Waals surface area contributed by atoms with E-state index in [2.05, 4.69) is 17.2 Å². The molecule has 102 valence electrons. The number of fused-ring (bicyclic) bond motifs is 1. The van der Waals surface area contributed by atoms with Crippen LogP contribution in [0.15, 0.2) is 42.5 Å². The zero-order valence-electron chi connectivity index (χ0n) is 11.3. The summed E-state index contributed by atoms with van der Waals surface area (Å²) in [5.41, 5.74) is 9.23. The number of hydrogen-bond acceptors (Lipinski definition) is 4. The Balaban J connectivity index is 2.07. The van der Waals surface area contributed by atoms with Crippen LogP contribution in [0.4, 0.5) is 5.69 Å². The van der Waals surface area contributed by atoms with Crippen LogP contribution in [-0.2, 0) is 0 Å². The Morgan fingerprint density at radius 1 is 1.20 bits per heavy atom. The summed E-state index contributed by atoms with van der Waals surface area (Å²) in [7, 11) is 0. The van der Waals surface area contributed by atoms with Gasteiger partial charge in [0.1, 0.15) is 11.3 Å². The summed E-state index contributed by atoms with van der Waals surface area (Å²) in [6, 6.07) is 13.4. The number of nitrogens with zero attached hydrogens (tertiary/aromatic N) is 3. The van der Waals surface area contributed by atoms with Gasteiger partial charge in [-0.15, -0.1) is 5.10 Å². The Bertz CT molecular complexity index is 736. The van der Waals surface area contributed by atoms with Gasteiger partial charge in [0.15, 0.2) is 0 Å². The third kappa shape index (κ3) is 2.30. The van der Waals surface area contributed by atoms with E-state index in [0.717, 1.165) is 28.9 Å². The average Bonchev–Trinajstić information content (AvgIpc) is 2.88. The van der Waals surface area contributed by atoms with Gasteiger partial charge in [0, 0.05) is 17.8 Å². The van der Waals surface area contributed by atoms with Gasteiger partial charge >= 0.3 is 0 Å². The number of nitrogens with two attached hydrogens (primary N) is 1. The van der Waals surface area contributed by atoms with Crippen LogP contribution in [-0.4, -0.2) is 21.6 Å². The molecule has 0 aliphatic heterocycles. The predicted molar refractivity (Wildman–Crippen MR) is 79.1 cm³/mol. The van der Waals surface area contributed by atoms with Crippen molar-refractivity contribution >= 4 is 16.7 Å². The molecular formula is C15H16N4O. The van der Waals surface area contributed by atoms with Crippen molar-refractivity contribution in [2.24, 2.45) is 0 Å². The van der Waals surface area contributed by atoms with E-state index in [0.29, 0.717) is 12.3 Å². The highest BCUT2D eigenvalue weighted by atomic mass is 16.5. The maximum absolute atomic E-state index is 5.94. The van der Waals surface area contributed by atoms with Crippen LogP contribution in [0.1, 0.15) is 13.3 Å². The molecule has 0 saturated carbocycles. The highest BCUT2D eigenvalue weighted by Crippen LogP contribution is 2.24. The fourth-order valence-corrected chi connectivity index (χ4v) is 2.09. The highest BCUT2D eigenvalue weighted by Gasteiger charge is 2.08. The van der Waals surface area contributed by atoms with E-state index < -0.39 is 0 Å². The average molecular weight is 268 g/mol. The minimum atomic E-state index is 0.646. The maximum Gasteiger partial charge on any atom is 0.123 e. The summed E-state index contributed by atoms with van der Waals surface area (Å²) in [5, 5.41) is 8.33. The standard InChI is InChI=1S/C15H16N4O/c1-2-7-20-13-9-11(16)8-12(10-13)19-15-6-4-3-5-14(15)17-18-19/h3-6,8-10H,2,7,16H2,1H3. The second kappa shape index (κ2) is 5.21. The Morgan fingerprint density at radius 3 is 2.90 bits per heavy atom. The van der Waals surface area contributed by atoms with Crippen molar-refractivity contribution in [1.29, 1.82) is 0 Å². The largest absolute Gasteiger partial charge is 0.493 e. The summed E-state index contributed by atoms with van der Waals surface area (Å²) in [5.74, 6) is 0.751. The monoisotopic (exact) mass is 268 g/mol. The SMILES string of the molecule is CCCOc1cc(N)cc(-n2nnc3ccccc32)c1. The first-order chi connectivity index (χ1) is 9.78. The molecule has 5 heteroatoms. The second-order valence-corrected chi connectivity index (χ2v) is 4.60. The topological polar surface area (TPSA) is 66.0 Å². The molecule has 0 radical (unpaired) electrons. The Morgan fingerprint density at radius 2 is 2.05 bits per heavy atom. The molecule has 2 N–H and O–H groups in total. The molecule has 0 fully saturated rings. The molecule has 0 aliphatic carbocycles. The fourth-order valence-electron chi connectivity index (χ4n) is 2.09. The molecule has 1 heterocycles. The van der Waals surface area contributed by atoms with E-state index in [1.165, 1.54) is 0 Å². The van der Waals surface area contributed by atoms with Gasteiger partial charge in [-0.2, -0.15) is 0 Å². The normalized spacial score (nSPS) is 10.8. The minimum Gasteiger partial charge on any atom is -0.493 e. The third-order valence-corrected chi connectivity index (χ3v) is 2.98. The predicted octanol–water partition coefficient (Wildman–Crippen LogP) is 2.79. The summed E-state index contributed by atoms with van der Waals surface area (Å²) < 4.78 is 7.41. The van der Waals surface area contributed by atoms with Gasteiger partial charge in [0.25, 0.3) is 0 Å². The number of hydrogen-bond donors (Lipinski definition) is 1. The number of para-hydroxylation sites is 1. The first-order valence-electron chi connectivity index (χ1n) is 6.62. The zero-order chi connectivity index (χ0) is 13.9. The van der Waals surface area contributed by atoms with Crippen molar-refractivity contribution in [2.75, 3.05) is 12.3 Å². The third-order valence-electron chi connectivity index (χ3n) is 2.98. The van der Waals surface area contributed by atoms with E-state index in [1.807, 2.05) is 42.5 Å². The van der Waals surface area contributed by atoms with Gasteiger partial charge in [-0.3, -0.25) is 0 Å².